The van der Waals surface area contributed by atoms with E-state index in [1.165, 1.54) is 5.39 Å². The van der Waals surface area contributed by atoms with Crippen molar-refractivity contribution in [2.75, 3.05) is 31.1 Å². The first-order valence-corrected chi connectivity index (χ1v) is 10.4. The number of amides is 1. The second-order valence-electron chi connectivity index (χ2n) is 8.18. The fourth-order valence-electron chi connectivity index (χ4n) is 3.97. The summed E-state index contributed by atoms with van der Waals surface area (Å²) in [5.41, 5.74) is 3.23. The number of benzene rings is 1. The standard InChI is InChI=1S/C23H29N5O/c1-16(2)23-24-17(3)13-21(25-23)26-9-11-27(12-10-26)22(29)15-28-18(4)14-19-7-5-6-8-20(19)28/h5-8,13-14,16H,9-12,15H2,1-4H3. The maximum absolute atomic E-state index is 13.0. The molecule has 0 atom stereocenters. The monoisotopic (exact) mass is 391 g/mol. The van der Waals surface area contributed by atoms with Gasteiger partial charge in [-0.3, -0.25) is 4.79 Å². The van der Waals surface area contributed by atoms with E-state index in [4.69, 9.17) is 4.98 Å². The lowest BCUT2D eigenvalue weighted by atomic mass is 10.2. The Hall–Kier alpha value is -2.89. The summed E-state index contributed by atoms with van der Waals surface area (Å²) in [5, 5.41) is 1.18. The van der Waals surface area contributed by atoms with E-state index < -0.39 is 0 Å². The lowest BCUT2D eigenvalue weighted by molar-refractivity contribution is -0.132. The highest BCUT2D eigenvalue weighted by molar-refractivity contribution is 5.84. The van der Waals surface area contributed by atoms with Gasteiger partial charge in [0.2, 0.25) is 5.91 Å². The summed E-state index contributed by atoms with van der Waals surface area (Å²) in [7, 11) is 0. The molecule has 152 valence electrons. The van der Waals surface area contributed by atoms with Gasteiger partial charge in [0.15, 0.2) is 0 Å². The maximum Gasteiger partial charge on any atom is 0.242 e. The Morgan fingerprint density at radius 1 is 1.03 bits per heavy atom. The molecular weight excluding hydrogens is 362 g/mol. The van der Waals surface area contributed by atoms with E-state index in [1.807, 2.05) is 30.0 Å². The van der Waals surface area contributed by atoms with Crippen LogP contribution in [0.5, 0.6) is 0 Å². The average Bonchev–Trinajstić information content (AvgIpc) is 3.03. The molecule has 29 heavy (non-hydrogen) atoms. The Labute approximate surface area is 172 Å². The normalized spacial score (nSPS) is 14.8. The summed E-state index contributed by atoms with van der Waals surface area (Å²) < 4.78 is 2.12. The molecule has 0 unspecified atom stereocenters. The van der Waals surface area contributed by atoms with Crippen molar-refractivity contribution in [2.24, 2.45) is 0 Å². The zero-order chi connectivity index (χ0) is 20.5. The van der Waals surface area contributed by atoms with Crippen LogP contribution in [0.1, 0.15) is 37.0 Å². The van der Waals surface area contributed by atoms with Gasteiger partial charge in [-0.15, -0.1) is 0 Å². The van der Waals surface area contributed by atoms with Crippen LogP contribution in [0, 0.1) is 13.8 Å². The lowest BCUT2D eigenvalue weighted by Gasteiger charge is -2.36. The topological polar surface area (TPSA) is 54.3 Å². The van der Waals surface area contributed by atoms with E-state index in [2.05, 4.69) is 53.4 Å². The number of carbonyl (C=O) groups is 1. The molecule has 0 N–H and O–H groups in total. The molecule has 1 aromatic carbocycles. The highest BCUT2D eigenvalue weighted by atomic mass is 16.2. The first kappa shape index (κ1) is 19.4. The first-order chi connectivity index (χ1) is 13.9. The number of aromatic nitrogens is 3. The second-order valence-corrected chi connectivity index (χ2v) is 8.18. The van der Waals surface area contributed by atoms with E-state index in [-0.39, 0.29) is 5.91 Å². The number of piperazine rings is 1. The van der Waals surface area contributed by atoms with Gasteiger partial charge >= 0.3 is 0 Å². The van der Waals surface area contributed by atoms with E-state index in [0.29, 0.717) is 12.5 Å². The molecule has 0 bridgehead atoms. The Bertz CT molecular complexity index is 1030. The smallest absolute Gasteiger partial charge is 0.242 e. The van der Waals surface area contributed by atoms with Gasteiger partial charge in [0, 0.05) is 55.1 Å². The van der Waals surface area contributed by atoms with E-state index in [0.717, 1.165) is 54.7 Å². The minimum atomic E-state index is 0.177. The van der Waals surface area contributed by atoms with Crippen LogP contribution in [0.3, 0.4) is 0 Å². The number of para-hydroxylation sites is 1. The molecule has 1 aliphatic rings. The van der Waals surface area contributed by atoms with Crippen LogP contribution in [0.25, 0.3) is 10.9 Å². The fraction of sp³-hybridized carbons (Fsp3) is 0.435. The Balaban J connectivity index is 1.43. The third kappa shape index (κ3) is 3.97. The van der Waals surface area contributed by atoms with E-state index in [9.17, 15) is 4.79 Å². The highest BCUT2D eigenvalue weighted by Gasteiger charge is 2.23. The Kier molecular flexibility index (Phi) is 5.26. The minimum absolute atomic E-state index is 0.177. The van der Waals surface area contributed by atoms with Crippen molar-refractivity contribution in [1.29, 1.82) is 0 Å². The summed E-state index contributed by atoms with van der Waals surface area (Å²) in [6, 6.07) is 12.4. The second kappa shape index (κ2) is 7.85. The highest BCUT2D eigenvalue weighted by Crippen LogP contribution is 2.21. The van der Waals surface area contributed by atoms with Gasteiger partial charge in [0.1, 0.15) is 18.2 Å². The van der Waals surface area contributed by atoms with Crippen LogP contribution in [0.4, 0.5) is 5.82 Å². The number of carbonyl (C=O) groups excluding carboxylic acids is 1. The molecule has 6 nitrogen and oxygen atoms in total. The van der Waals surface area contributed by atoms with Gasteiger partial charge in [-0.25, -0.2) is 9.97 Å². The number of hydrogen-bond acceptors (Lipinski definition) is 4. The number of anilines is 1. The van der Waals surface area contributed by atoms with Crippen molar-refractivity contribution in [2.45, 2.75) is 40.2 Å². The first-order valence-electron chi connectivity index (χ1n) is 10.4. The van der Waals surface area contributed by atoms with Crippen LogP contribution in [-0.2, 0) is 11.3 Å². The number of aryl methyl sites for hydroxylation is 2. The van der Waals surface area contributed by atoms with Gasteiger partial charge < -0.3 is 14.4 Å². The Morgan fingerprint density at radius 2 is 1.76 bits per heavy atom. The number of nitrogens with zero attached hydrogens (tertiary/aromatic N) is 5. The average molecular weight is 392 g/mol. The molecule has 1 aliphatic heterocycles. The molecular formula is C23H29N5O. The summed E-state index contributed by atoms with van der Waals surface area (Å²) in [6.45, 7) is 11.7. The van der Waals surface area contributed by atoms with Crippen LogP contribution >= 0.6 is 0 Å². The molecule has 1 fully saturated rings. The van der Waals surface area contributed by atoms with Crippen molar-refractivity contribution in [1.82, 2.24) is 19.4 Å². The lowest BCUT2D eigenvalue weighted by Crippen LogP contribution is -2.50. The van der Waals surface area contributed by atoms with Gasteiger partial charge in [-0.05, 0) is 31.4 Å². The predicted octanol–water partition coefficient (Wildman–Crippen LogP) is 3.52. The number of hydrogen-bond donors (Lipinski definition) is 0. The quantitative estimate of drug-likeness (QED) is 0.683. The van der Waals surface area contributed by atoms with E-state index in [1.54, 1.807) is 0 Å². The number of rotatable bonds is 4. The SMILES string of the molecule is Cc1cc(N2CCN(C(=O)Cn3c(C)cc4ccccc43)CC2)nc(C(C)C)n1. The van der Waals surface area contributed by atoms with Crippen LogP contribution in [0.15, 0.2) is 36.4 Å². The summed E-state index contributed by atoms with van der Waals surface area (Å²) in [5.74, 6) is 2.33. The molecule has 0 radical (unpaired) electrons. The summed E-state index contributed by atoms with van der Waals surface area (Å²) in [4.78, 5) is 26.5. The molecule has 0 saturated carbocycles. The van der Waals surface area contributed by atoms with Gasteiger partial charge in [0.05, 0.1) is 0 Å². The predicted molar refractivity (Wildman–Crippen MR) is 116 cm³/mol. The van der Waals surface area contributed by atoms with Crippen LogP contribution in [-0.4, -0.2) is 51.5 Å². The molecule has 0 aliphatic carbocycles. The molecule has 2 aromatic heterocycles. The third-order valence-electron chi connectivity index (χ3n) is 5.64. The van der Waals surface area contributed by atoms with Crippen molar-refractivity contribution < 1.29 is 4.79 Å². The molecule has 3 aromatic rings. The molecule has 0 spiro atoms. The van der Waals surface area contributed by atoms with E-state index >= 15 is 0 Å². The molecule has 1 saturated heterocycles. The van der Waals surface area contributed by atoms with Crippen molar-refractivity contribution >= 4 is 22.6 Å². The van der Waals surface area contributed by atoms with Crippen LogP contribution < -0.4 is 4.90 Å². The molecule has 1 amide bonds. The Morgan fingerprint density at radius 3 is 2.48 bits per heavy atom. The van der Waals surface area contributed by atoms with Crippen LogP contribution in [0.2, 0.25) is 0 Å². The molecule has 3 heterocycles. The summed E-state index contributed by atoms with van der Waals surface area (Å²) in [6.07, 6.45) is 0. The largest absolute Gasteiger partial charge is 0.353 e. The van der Waals surface area contributed by atoms with Crippen molar-refractivity contribution in [3.8, 4) is 0 Å². The number of fused-ring (bicyclic) bond motifs is 1. The molecule has 6 heteroatoms. The van der Waals surface area contributed by atoms with Gasteiger partial charge in [-0.2, -0.15) is 0 Å². The zero-order valence-corrected chi connectivity index (χ0v) is 17.7. The van der Waals surface area contributed by atoms with Gasteiger partial charge in [0.25, 0.3) is 0 Å². The zero-order valence-electron chi connectivity index (χ0n) is 17.7. The third-order valence-corrected chi connectivity index (χ3v) is 5.64. The fourth-order valence-corrected chi connectivity index (χ4v) is 3.97. The maximum atomic E-state index is 13.0. The van der Waals surface area contributed by atoms with Gasteiger partial charge in [-0.1, -0.05) is 32.0 Å². The summed E-state index contributed by atoms with van der Waals surface area (Å²) >= 11 is 0. The minimum Gasteiger partial charge on any atom is -0.353 e. The van der Waals surface area contributed by atoms with Crippen molar-refractivity contribution in [3.63, 3.8) is 0 Å². The molecule has 4 rings (SSSR count). The van der Waals surface area contributed by atoms with Crippen molar-refractivity contribution in [3.05, 3.63) is 53.6 Å².